The molecule has 0 fully saturated rings. The molecule has 0 heterocycles. The fourth-order valence-electron chi connectivity index (χ4n) is 2.18. The van der Waals surface area contributed by atoms with Gasteiger partial charge in [0, 0.05) is 31.7 Å². The summed E-state index contributed by atoms with van der Waals surface area (Å²) in [6.45, 7) is 10.4. The van der Waals surface area contributed by atoms with Crippen LogP contribution in [-0.4, -0.2) is 62.2 Å². The molecule has 0 bridgehead atoms. The van der Waals surface area contributed by atoms with E-state index in [0.29, 0.717) is 0 Å². The van der Waals surface area contributed by atoms with Gasteiger partial charge in [-0.1, -0.05) is 34.6 Å². The van der Waals surface area contributed by atoms with Gasteiger partial charge >= 0.3 is 11.9 Å². The minimum Gasteiger partial charge on any atom is -0.425 e. The largest absolute Gasteiger partial charge is 0.425 e. The van der Waals surface area contributed by atoms with Crippen molar-refractivity contribution in [1.29, 1.82) is 0 Å². The predicted octanol–water partition coefficient (Wildman–Crippen LogP) is 1.50. The van der Waals surface area contributed by atoms with Crippen molar-refractivity contribution in [3.05, 3.63) is 0 Å². The van der Waals surface area contributed by atoms with E-state index in [1.54, 1.807) is 6.92 Å². The number of ether oxygens (including phenoxy) is 2. The van der Waals surface area contributed by atoms with Gasteiger partial charge in [0.2, 0.25) is 12.2 Å². The van der Waals surface area contributed by atoms with Crippen LogP contribution < -0.4 is 5.32 Å². The molecule has 0 aliphatic carbocycles. The molecular weight excluding hydrogens is 430 g/mol. The number of rotatable bonds is 14. The third kappa shape index (κ3) is 10.9. The zero-order chi connectivity index (χ0) is 24.5. The molecule has 0 spiro atoms. The van der Waals surface area contributed by atoms with E-state index in [4.69, 9.17) is 13.7 Å². The first-order valence-corrected chi connectivity index (χ1v) is 11.9. The molecule has 182 valence electrons. The Labute approximate surface area is 185 Å². The van der Waals surface area contributed by atoms with Crippen LogP contribution in [0.15, 0.2) is 0 Å². The van der Waals surface area contributed by atoms with E-state index in [0.717, 1.165) is 0 Å². The van der Waals surface area contributed by atoms with Crippen LogP contribution in [0.5, 0.6) is 0 Å². The summed E-state index contributed by atoms with van der Waals surface area (Å²) in [5, 5.41) is 13.3. The van der Waals surface area contributed by atoms with Crippen molar-refractivity contribution in [3.63, 3.8) is 0 Å². The number of amides is 1. The zero-order valence-corrected chi connectivity index (χ0v) is 20.3. The highest BCUT2D eigenvalue weighted by molar-refractivity contribution is 7.86. The molecule has 0 aromatic heterocycles. The molecule has 2 N–H and O–H groups in total. The van der Waals surface area contributed by atoms with Gasteiger partial charge in [-0.15, -0.1) is 0 Å². The van der Waals surface area contributed by atoms with Crippen LogP contribution in [0, 0.1) is 11.3 Å². The average Bonchev–Trinajstić information content (AvgIpc) is 2.62. The molecule has 0 saturated heterocycles. The van der Waals surface area contributed by atoms with Crippen LogP contribution in [-0.2, 0) is 38.2 Å². The summed E-state index contributed by atoms with van der Waals surface area (Å²) in [5.41, 5.74) is -3.48. The summed E-state index contributed by atoms with van der Waals surface area (Å²) >= 11 is 0. The fraction of sp³-hybridized carbons (Fsp3) is 0.850. The van der Waals surface area contributed by atoms with E-state index in [1.807, 2.05) is 13.8 Å². The fourth-order valence-corrected chi connectivity index (χ4v) is 3.27. The maximum absolute atomic E-state index is 12.6. The summed E-state index contributed by atoms with van der Waals surface area (Å²) in [7, 11) is -3.94. The topological polar surface area (TPSA) is 145 Å². The third-order valence-electron chi connectivity index (χ3n) is 4.67. The highest BCUT2D eigenvalue weighted by Crippen LogP contribution is 2.33. The van der Waals surface area contributed by atoms with Gasteiger partial charge in [0.05, 0.1) is 12.4 Å². The predicted molar refractivity (Wildman–Crippen MR) is 113 cm³/mol. The van der Waals surface area contributed by atoms with Gasteiger partial charge in [0.1, 0.15) is 0 Å². The molecular formula is C20H37NO9S. The maximum Gasteiger partial charge on any atom is 0.341 e. The number of hydrogen-bond donors (Lipinski definition) is 2. The van der Waals surface area contributed by atoms with Gasteiger partial charge < -0.3 is 19.9 Å². The first kappa shape index (κ1) is 29.3. The first-order valence-electron chi connectivity index (χ1n) is 10.3. The van der Waals surface area contributed by atoms with Crippen LogP contribution in [0.25, 0.3) is 0 Å². The highest BCUT2D eigenvalue weighted by atomic mass is 32.2. The molecule has 0 aliphatic heterocycles. The lowest BCUT2D eigenvalue weighted by Gasteiger charge is -2.37. The average molecular weight is 468 g/mol. The molecule has 10 nitrogen and oxygen atoms in total. The number of hydrogen-bond acceptors (Lipinski definition) is 9. The Balaban J connectivity index is 4.94. The van der Waals surface area contributed by atoms with E-state index in [-0.39, 0.29) is 43.4 Å². The van der Waals surface area contributed by atoms with Gasteiger partial charge in [-0.2, -0.15) is 8.42 Å². The van der Waals surface area contributed by atoms with Crippen molar-refractivity contribution in [2.24, 2.45) is 11.3 Å². The standard InChI is InChI=1S/C20H37NO9S/c1-8-17(29-16(23)12-14(2)3)30-18(24)20(7,25)19(5,6)13-28-31(26,27)11-9-10-21-15(4)22/h14,17,25H,8-13H2,1-7H3,(H,21,22)/t17?,20-/m0/s1. The van der Waals surface area contributed by atoms with Crippen molar-refractivity contribution >= 4 is 28.0 Å². The van der Waals surface area contributed by atoms with Gasteiger partial charge in [-0.25, -0.2) is 4.79 Å². The second-order valence-electron chi connectivity index (χ2n) is 8.65. The minimum absolute atomic E-state index is 0.0695. The lowest BCUT2D eigenvalue weighted by molar-refractivity contribution is -0.210. The molecule has 0 aliphatic rings. The van der Waals surface area contributed by atoms with Gasteiger partial charge in [-0.05, 0) is 19.3 Å². The van der Waals surface area contributed by atoms with E-state index in [9.17, 15) is 27.9 Å². The van der Waals surface area contributed by atoms with Crippen LogP contribution in [0.4, 0.5) is 0 Å². The van der Waals surface area contributed by atoms with E-state index >= 15 is 0 Å². The molecule has 31 heavy (non-hydrogen) atoms. The maximum atomic E-state index is 12.6. The lowest BCUT2D eigenvalue weighted by atomic mass is 9.76. The summed E-state index contributed by atoms with van der Waals surface area (Å²) in [4.78, 5) is 35.2. The normalized spacial score (nSPS) is 15.1. The summed E-state index contributed by atoms with van der Waals surface area (Å²) in [6.07, 6.45) is -0.672. The lowest BCUT2D eigenvalue weighted by Crippen LogP contribution is -2.53. The van der Waals surface area contributed by atoms with Crippen LogP contribution >= 0.6 is 0 Å². The van der Waals surface area contributed by atoms with Crippen molar-refractivity contribution in [1.82, 2.24) is 5.32 Å². The summed E-state index contributed by atoms with van der Waals surface area (Å²) < 4.78 is 39.4. The van der Waals surface area contributed by atoms with Crippen molar-refractivity contribution in [2.45, 2.75) is 79.6 Å². The number of esters is 2. The van der Waals surface area contributed by atoms with Crippen LogP contribution in [0.3, 0.4) is 0 Å². The van der Waals surface area contributed by atoms with Gasteiger partial charge in [0.15, 0.2) is 5.60 Å². The molecule has 0 aromatic rings. The number of carbonyl (C=O) groups is 3. The molecule has 1 unspecified atom stereocenters. The Morgan fingerprint density at radius 3 is 2.16 bits per heavy atom. The zero-order valence-electron chi connectivity index (χ0n) is 19.5. The molecule has 0 rings (SSSR count). The molecule has 0 saturated carbocycles. The summed E-state index contributed by atoms with van der Waals surface area (Å²) in [6, 6.07) is 0. The molecule has 0 radical (unpaired) electrons. The van der Waals surface area contributed by atoms with E-state index in [1.165, 1.54) is 27.7 Å². The number of carbonyl (C=O) groups excluding carboxylic acids is 3. The monoisotopic (exact) mass is 467 g/mol. The van der Waals surface area contributed by atoms with Crippen LogP contribution in [0.2, 0.25) is 0 Å². The highest BCUT2D eigenvalue weighted by Gasteiger charge is 2.49. The minimum atomic E-state index is -3.94. The van der Waals surface area contributed by atoms with Crippen molar-refractivity contribution in [3.8, 4) is 0 Å². The smallest absolute Gasteiger partial charge is 0.341 e. The Morgan fingerprint density at radius 2 is 1.68 bits per heavy atom. The second-order valence-corrected chi connectivity index (χ2v) is 10.4. The Morgan fingerprint density at radius 1 is 1.10 bits per heavy atom. The Bertz CT molecular complexity index is 714. The van der Waals surface area contributed by atoms with E-state index in [2.05, 4.69) is 5.32 Å². The van der Waals surface area contributed by atoms with Crippen molar-refractivity contribution in [2.75, 3.05) is 18.9 Å². The summed E-state index contributed by atoms with van der Waals surface area (Å²) in [5.74, 6) is -2.12. The third-order valence-corrected chi connectivity index (χ3v) is 5.93. The van der Waals surface area contributed by atoms with E-state index < -0.39 is 46.0 Å². The Kier molecular flexibility index (Phi) is 11.7. The van der Waals surface area contributed by atoms with Gasteiger partial charge in [0.25, 0.3) is 10.1 Å². The number of nitrogens with one attached hydrogen (secondary N) is 1. The molecule has 0 aromatic carbocycles. The quantitative estimate of drug-likeness (QED) is 0.168. The molecule has 11 heteroatoms. The first-order chi connectivity index (χ1) is 14.0. The SMILES string of the molecule is CCC(OC(=O)CC(C)C)OC(=O)[C@](C)(O)C(C)(C)COS(=O)(=O)CCCNC(C)=O. The number of aliphatic hydroxyl groups is 1. The van der Waals surface area contributed by atoms with Gasteiger partial charge in [-0.3, -0.25) is 13.8 Å². The molecule has 2 atom stereocenters. The second kappa shape index (κ2) is 12.4. The van der Waals surface area contributed by atoms with Crippen molar-refractivity contribution < 1.29 is 41.6 Å². The molecule has 1 amide bonds. The Hall–Kier alpha value is -1.72. The van der Waals surface area contributed by atoms with Crippen LogP contribution in [0.1, 0.15) is 67.7 Å².